The number of rotatable bonds is 4. The van der Waals surface area contributed by atoms with Crippen LogP contribution in [0, 0.1) is 6.42 Å². The van der Waals surface area contributed by atoms with Crippen molar-refractivity contribution in [2.45, 2.75) is 42.9 Å². The van der Waals surface area contributed by atoms with Gasteiger partial charge in [0.1, 0.15) is 0 Å². The molecule has 0 spiro atoms. The molecular weight excluding hydrogens is 336 g/mol. The van der Waals surface area contributed by atoms with Gasteiger partial charge in [0.15, 0.2) is 0 Å². The van der Waals surface area contributed by atoms with Gasteiger partial charge in [0, 0.05) is 17.3 Å². The van der Waals surface area contributed by atoms with Gasteiger partial charge in [-0.3, -0.25) is 0 Å². The lowest BCUT2D eigenvalue weighted by Crippen LogP contribution is -2.30. The third-order valence-corrected chi connectivity index (χ3v) is 6.74. The highest BCUT2D eigenvalue weighted by molar-refractivity contribution is 5.45. The fourth-order valence-electron chi connectivity index (χ4n) is 5.07. The average molecular weight is 364 g/mol. The van der Waals surface area contributed by atoms with E-state index in [2.05, 4.69) is 104 Å². The zero-order chi connectivity index (χ0) is 18.8. The van der Waals surface area contributed by atoms with Crippen LogP contribution in [0.2, 0.25) is 0 Å². The summed E-state index contributed by atoms with van der Waals surface area (Å²) in [5.41, 5.74) is 5.88. The number of allylic oxidation sites excluding steroid dienone is 8. The molecule has 1 saturated carbocycles. The van der Waals surface area contributed by atoms with Crippen molar-refractivity contribution in [2.24, 2.45) is 0 Å². The van der Waals surface area contributed by atoms with Gasteiger partial charge in [0.25, 0.3) is 0 Å². The van der Waals surface area contributed by atoms with E-state index < -0.39 is 0 Å². The van der Waals surface area contributed by atoms with Crippen molar-refractivity contribution in [1.29, 1.82) is 0 Å². The summed E-state index contributed by atoms with van der Waals surface area (Å²) in [6, 6.07) is 18.9. The Hall–Kier alpha value is -2.60. The molecule has 0 heteroatoms. The Labute approximate surface area is 169 Å². The zero-order valence-corrected chi connectivity index (χ0v) is 16.3. The topological polar surface area (TPSA) is 0 Å². The molecule has 0 atom stereocenters. The summed E-state index contributed by atoms with van der Waals surface area (Å²) < 4.78 is 0. The van der Waals surface area contributed by atoms with Gasteiger partial charge in [0.2, 0.25) is 0 Å². The maximum atomic E-state index is 2.46. The zero-order valence-electron chi connectivity index (χ0n) is 16.3. The van der Waals surface area contributed by atoms with Gasteiger partial charge in [-0.15, -0.1) is 0 Å². The van der Waals surface area contributed by atoms with Gasteiger partial charge in [-0.05, 0) is 54.4 Å². The lowest BCUT2D eigenvalue weighted by molar-refractivity contribution is 0.391. The maximum Gasteiger partial charge on any atom is 0.0204 e. The largest absolute Gasteiger partial charge is 0.0732 e. The molecule has 28 heavy (non-hydrogen) atoms. The predicted octanol–water partition coefficient (Wildman–Crippen LogP) is 7.17. The molecule has 0 unspecified atom stereocenters. The van der Waals surface area contributed by atoms with E-state index >= 15 is 0 Å². The Balaban J connectivity index is 1.48. The Morgan fingerprint density at radius 2 is 0.929 bits per heavy atom. The van der Waals surface area contributed by atoms with E-state index in [1.807, 2.05) is 0 Å². The quantitative estimate of drug-likeness (QED) is 0.540. The van der Waals surface area contributed by atoms with Crippen LogP contribution in [-0.4, -0.2) is 0 Å². The van der Waals surface area contributed by atoms with Crippen LogP contribution in [0.4, 0.5) is 0 Å². The van der Waals surface area contributed by atoms with Crippen LogP contribution in [0.5, 0.6) is 0 Å². The molecule has 1 radical (unpaired) electrons. The van der Waals surface area contributed by atoms with Gasteiger partial charge >= 0.3 is 0 Å². The molecule has 0 amide bonds. The summed E-state index contributed by atoms with van der Waals surface area (Å²) in [7, 11) is 0. The van der Waals surface area contributed by atoms with E-state index in [4.69, 9.17) is 0 Å². The molecule has 2 aromatic rings. The first-order valence-corrected chi connectivity index (χ1v) is 10.6. The van der Waals surface area contributed by atoms with Gasteiger partial charge in [-0.1, -0.05) is 97.1 Å². The summed E-state index contributed by atoms with van der Waals surface area (Å²) in [5.74, 6) is 0.882. The van der Waals surface area contributed by atoms with Crippen molar-refractivity contribution >= 4 is 0 Å². The van der Waals surface area contributed by atoms with E-state index in [1.54, 1.807) is 0 Å². The molecule has 0 N–H and O–H groups in total. The van der Waals surface area contributed by atoms with E-state index in [0.717, 1.165) is 0 Å². The van der Waals surface area contributed by atoms with Crippen molar-refractivity contribution in [2.75, 3.05) is 0 Å². The Bertz CT molecular complexity index is 831. The molecule has 0 heterocycles. The third-order valence-electron chi connectivity index (χ3n) is 6.74. The van der Waals surface area contributed by atoms with Gasteiger partial charge in [-0.25, -0.2) is 0 Å². The van der Waals surface area contributed by atoms with E-state index in [-0.39, 0.29) is 5.41 Å². The van der Waals surface area contributed by atoms with Crippen LogP contribution in [0.3, 0.4) is 0 Å². The first-order chi connectivity index (χ1) is 13.9. The summed E-state index contributed by atoms with van der Waals surface area (Å²) in [6.07, 6.45) is 24.9. The van der Waals surface area contributed by atoms with Gasteiger partial charge in [-0.2, -0.15) is 0 Å². The van der Waals surface area contributed by atoms with Crippen LogP contribution in [0.15, 0.2) is 97.1 Å². The average Bonchev–Trinajstić information content (AvgIpc) is 3.49. The minimum atomic E-state index is 0.147. The second kappa shape index (κ2) is 7.43. The van der Waals surface area contributed by atoms with Crippen molar-refractivity contribution in [3.63, 3.8) is 0 Å². The molecule has 0 saturated heterocycles. The SMILES string of the molecule is [CH]1CCC(c2ccc(C3C=CC=C3)cc2)(c2ccc(C3C=CC=C3)cc2)CC1. The first kappa shape index (κ1) is 17.5. The summed E-state index contributed by atoms with van der Waals surface area (Å²) in [4.78, 5) is 0. The molecule has 0 nitrogen and oxygen atoms in total. The summed E-state index contributed by atoms with van der Waals surface area (Å²) in [5, 5.41) is 0. The molecule has 0 aliphatic heterocycles. The van der Waals surface area contributed by atoms with Crippen LogP contribution >= 0.6 is 0 Å². The molecular formula is C28H27. The second-order valence-electron chi connectivity index (χ2n) is 8.28. The Morgan fingerprint density at radius 1 is 0.536 bits per heavy atom. The van der Waals surface area contributed by atoms with Gasteiger partial charge in [0.05, 0.1) is 0 Å². The fourth-order valence-corrected chi connectivity index (χ4v) is 5.07. The maximum absolute atomic E-state index is 2.46. The van der Waals surface area contributed by atoms with Crippen LogP contribution < -0.4 is 0 Å². The Morgan fingerprint density at radius 3 is 1.32 bits per heavy atom. The number of hydrogen-bond acceptors (Lipinski definition) is 0. The highest BCUT2D eigenvalue weighted by Crippen LogP contribution is 2.45. The highest BCUT2D eigenvalue weighted by Gasteiger charge is 2.35. The molecule has 1 fully saturated rings. The van der Waals surface area contributed by atoms with Crippen LogP contribution in [0.25, 0.3) is 0 Å². The molecule has 3 aliphatic carbocycles. The normalized spacial score (nSPS) is 21.0. The fraction of sp³-hybridized carbons (Fsp3) is 0.250. The second-order valence-corrected chi connectivity index (χ2v) is 8.28. The van der Waals surface area contributed by atoms with Crippen LogP contribution in [-0.2, 0) is 5.41 Å². The molecule has 5 rings (SSSR count). The minimum Gasteiger partial charge on any atom is -0.0732 e. The smallest absolute Gasteiger partial charge is 0.0204 e. The number of hydrogen-bond donors (Lipinski definition) is 0. The minimum absolute atomic E-state index is 0.147. The standard InChI is InChI=1S/C28H27/c1-6-20-28(21-7-1,26-16-12-24(13-17-26)22-8-2-3-9-22)27-18-14-25(15-19-27)23-10-4-5-11-23/h1-5,8-19,22-23H,6-7,20-21H2. The molecule has 2 aromatic carbocycles. The monoisotopic (exact) mass is 363 g/mol. The lowest BCUT2D eigenvalue weighted by Gasteiger charge is -2.39. The molecule has 0 aromatic heterocycles. The molecule has 0 bridgehead atoms. The van der Waals surface area contributed by atoms with E-state index in [1.165, 1.54) is 47.9 Å². The lowest BCUT2D eigenvalue weighted by atomic mass is 9.65. The van der Waals surface area contributed by atoms with Crippen molar-refractivity contribution in [1.82, 2.24) is 0 Å². The first-order valence-electron chi connectivity index (χ1n) is 10.6. The van der Waals surface area contributed by atoms with E-state index in [9.17, 15) is 0 Å². The molecule has 3 aliphatic rings. The van der Waals surface area contributed by atoms with Crippen molar-refractivity contribution in [3.8, 4) is 0 Å². The van der Waals surface area contributed by atoms with Crippen molar-refractivity contribution < 1.29 is 0 Å². The Kier molecular flexibility index (Phi) is 4.64. The molecule has 139 valence electrons. The number of benzene rings is 2. The highest BCUT2D eigenvalue weighted by atomic mass is 14.4. The third kappa shape index (κ3) is 3.11. The predicted molar refractivity (Wildman–Crippen MR) is 118 cm³/mol. The summed E-state index contributed by atoms with van der Waals surface area (Å²) >= 11 is 0. The summed E-state index contributed by atoms with van der Waals surface area (Å²) in [6.45, 7) is 0. The van der Waals surface area contributed by atoms with Crippen LogP contribution in [0.1, 0.15) is 59.8 Å². The van der Waals surface area contributed by atoms with E-state index in [0.29, 0.717) is 11.8 Å². The van der Waals surface area contributed by atoms with Crippen molar-refractivity contribution in [3.05, 3.63) is 126 Å². The van der Waals surface area contributed by atoms with Gasteiger partial charge < -0.3 is 0 Å².